The fourth-order valence-corrected chi connectivity index (χ4v) is 2.05. The van der Waals surface area contributed by atoms with Crippen LogP contribution in [0.3, 0.4) is 0 Å². The summed E-state index contributed by atoms with van der Waals surface area (Å²) in [4.78, 5) is 10.8. The molecule has 1 heterocycles. The van der Waals surface area contributed by atoms with Crippen LogP contribution in [-0.2, 0) is 4.79 Å². The largest absolute Gasteiger partial charge is 0.368 e. The van der Waals surface area contributed by atoms with Crippen molar-refractivity contribution >= 4 is 18.3 Å². The lowest BCUT2D eigenvalue weighted by Gasteiger charge is -2.14. The molecule has 0 aromatic carbocycles. The third-order valence-electron chi connectivity index (χ3n) is 2.97. The van der Waals surface area contributed by atoms with Gasteiger partial charge in [-0.3, -0.25) is 4.79 Å². The van der Waals surface area contributed by atoms with Gasteiger partial charge in [0.05, 0.1) is 6.04 Å². The van der Waals surface area contributed by atoms with Crippen LogP contribution in [0.25, 0.3) is 0 Å². The minimum atomic E-state index is -0.192. The highest BCUT2D eigenvalue weighted by molar-refractivity contribution is 5.85. The van der Waals surface area contributed by atoms with Crippen molar-refractivity contribution in [3.05, 3.63) is 0 Å². The molecule has 0 aromatic heterocycles. The van der Waals surface area contributed by atoms with Crippen molar-refractivity contribution in [1.29, 1.82) is 0 Å². The lowest BCUT2D eigenvalue weighted by molar-refractivity contribution is -0.120. The first-order chi connectivity index (χ1) is 4.64. The highest BCUT2D eigenvalue weighted by atomic mass is 35.5. The Kier molecular flexibility index (Phi) is 1.89. The van der Waals surface area contributed by atoms with Gasteiger partial charge in [-0.2, -0.15) is 0 Å². The number of nitrogens with one attached hydrogen (secondary N) is 1. The van der Waals surface area contributed by atoms with Gasteiger partial charge >= 0.3 is 0 Å². The SMILES string of the molecule is CC12CC1CNC2C(N)=O.Cl. The second-order valence-electron chi connectivity index (χ2n) is 3.65. The normalized spacial score (nSPS) is 45.9. The number of hydrogen-bond acceptors (Lipinski definition) is 2. The van der Waals surface area contributed by atoms with E-state index in [-0.39, 0.29) is 29.8 Å². The van der Waals surface area contributed by atoms with Crippen LogP contribution in [0.4, 0.5) is 0 Å². The summed E-state index contributed by atoms with van der Waals surface area (Å²) < 4.78 is 0. The predicted octanol–water partition coefficient (Wildman–Crippen LogP) is -0.109. The molecule has 3 N–H and O–H groups in total. The predicted molar refractivity (Wildman–Crippen MR) is 44.4 cm³/mol. The summed E-state index contributed by atoms with van der Waals surface area (Å²) in [6.45, 7) is 3.11. The molecule has 11 heavy (non-hydrogen) atoms. The van der Waals surface area contributed by atoms with Gasteiger partial charge in [-0.05, 0) is 24.3 Å². The van der Waals surface area contributed by atoms with Crippen LogP contribution in [0.1, 0.15) is 13.3 Å². The number of piperidine rings is 1. The number of fused-ring (bicyclic) bond motifs is 1. The van der Waals surface area contributed by atoms with E-state index in [0.717, 1.165) is 6.54 Å². The molecular formula is C7H13ClN2O. The van der Waals surface area contributed by atoms with Crippen molar-refractivity contribution < 1.29 is 4.79 Å². The summed E-state index contributed by atoms with van der Waals surface area (Å²) in [5.41, 5.74) is 5.41. The number of amides is 1. The zero-order chi connectivity index (χ0) is 7.35. The van der Waals surface area contributed by atoms with Crippen LogP contribution < -0.4 is 11.1 Å². The smallest absolute Gasteiger partial charge is 0.235 e. The zero-order valence-corrected chi connectivity index (χ0v) is 7.28. The Hall–Kier alpha value is -0.280. The molecule has 1 saturated carbocycles. The van der Waals surface area contributed by atoms with E-state index in [9.17, 15) is 4.79 Å². The topological polar surface area (TPSA) is 55.1 Å². The average Bonchev–Trinajstić information content (AvgIpc) is 2.35. The molecule has 64 valence electrons. The minimum Gasteiger partial charge on any atom is -0.368 e. The monoisotopic (exact) mass is 176 g/mol. The number of rotatable bonds is 1. The van der Waals surface area contributed by atoms with Crippen LogP contribution in [0, 0.1) is 11.3 Å². The van der Waals surface area contributed by atoms with Crippen LogP contribution >= 0.6 is 12.4 Å². The Morgan fingerprint density at radius 1 is 1.73 bits per heavy atom. The standard InChI is InChI=1S/C7H12N2O.ClH/c1-7-2-4(7)3-9-5(7)6(8)10;/h4-5,9H,2-3H2,1H3,(H2,8,10);1H. The molecule has 0 radical (unpaired) electrons. The van der Waals surface area contributed by atoms with E-state index in [1.807, 2.05) is 0 Å². The molecule has 1 saturated heterocycles. The molecule has 1 amide bonds. The summed E-state index contributed by atoms with van der Waals surface area (Å²) in [5, 5.41) is 3.12. The number of halogens is 1. The highest BCUT2D eigenvalue weighted by Gasteiger charge is 2.61. The van der Waals surface area contributed by atoms with E-state index in [1.54, 1.807) is 0 Å². The van der Waals surface area contributed by atoms with Gasteiger partial charge in [-0.25, -0.2) is 0 Å². The molecule has 3 unspecified atom stereocenters. The fourth-order valence-electron chi connectivity index (χ4n) is 2.05. The van der Waals surface area contributed by atoms with Crippen molar-refractivity contribution in [2.45, 2.75) is 19.4 Å². The summed E-state index contributed by atoms with van der Waals surface area (Å²) in [5.74, 6) is 0.521. The van der Waals surface area contributed by atoms with Crippen LogP contribution in [0.5, 0.6) is 0 Å². The molecule has 2 rings (SSSR count). The number of carbonyl (C=O) groups is 1. The van der Waals surface area contributed by atoms with Crippen molar-refractivity contribution in [2.24, 2.45) is 17.1 Å². The fraction of sp³-hybridized carbons (Fsp3) is 0.857. The van der Waals surface area contributed by atoms with Crippen molar-refractivity contribution in [3.8, 4) is 0 Å². The van der Waals surface area contributed by atoms with Gasteiger partial charge < -0.3 is 11.1 Å². The van der Waals surface area contributed by atoms with Gasteiger partial charge in [0.15, 0.2) is 0 Å². The molecule has 1 aliphatic carbocycles. The summed E-state index contributed by atoms with van der Waals surface area (Å²) in [7, 11) is 0. The summed E-state index contributed by atoms with van der Waals surface area (Å²) in [6.07, 6.45) is 1.17. The van der Waals surface area contributed by atoms with Gasteiger partial charge in [-0.1, -0.05) is 6.92 Å². The van der Waals surface area contributed by atoms with E-state index < -0.39 is 0 Å². The Morgan fingerprint density at radius 3 is 2.55 bits per heavy atom. The molecular weight excluding hydrogens is 164 g/mol. The molecule has 0 bridgehead atoms. The highest BCUT2D eigenvalue weighted by Crippen LogP contribution is 2.57. The summed E-state index contributed by atoms with van der Waals surface area (Å²) in [6, 6.07) is -0.0579. The third kappa shape index (κ3) is 1.03. The Morgan fingerprint density at radius 2 is 2.36 bits per heavy atom. The number of hydrogen-bond donors (Lipinski definition) is 2. The van der Waals surface area contributed by atoms with Gasteiger partial charge in [0, 0.05) is 0 Å². The zero-order valence-electron chi connectivity index (χ0n) is 6.46. The molecule has 2 aliphatic rings. The van der Waals surface area contributed by atoms with E-state index in [2.05, 4.69) is 12.2 Å². The first-order valence-electron chi connectivity index (χ1n) is 3.67. The lowest BCUT2D eigenvalue weighted by atomic mass is 9.99. The second kappa shape index (κ2) is 2.35. The third-order valence-corrected chi connectivity index (χ3v) is 2.97. The number of primary amides is 1. The Labute approximate surface area is 72.1 Å². The molecule has 3 nitrogen and oxygen atoms in total. The van der Waals surface area contributed by atoms with E-state index >= 15 is 0 Å². The second-order valence-corrected chi connectivity index (χ2v) is 3.65. The summed E-state index contributed by atoms with van der Waals surface area (Å²) >= 11 is 0. The molecule has 4 heteroatoms. The van der Waals surface area contributed by atoms with Gasteiger partial charge in [0.1, 0.15) is 0 Å². The van der Waals surface area contributed by atoms with Crippen LogP contribution in [0.15, 0.2) is 0 Å². The first-order valence-corrected chi connectivity index (χ1v) is 3.67. The molecule has 0 aromatic rings. The average molecular weight is 177 g/mol. The van der Waals surface area contributed by atoms with Crippen molar-refractivity contribution in [3.63, 3.8) is 0 Å². The maximum Gasteiger partial charge on any atom is 0.235 e. The first kappa shape index (κ1) is 8.81. The quantitative estimate of drug-likeness (QED) is 0.586. The molecule has 2 fully saturated rings. The van der Waals surface area contributed by atoms with Crippen molar-refractivity contribution in [2.75, 3.05) is 6.54 Å². The molecule has 0 spiro atoms. The molecule has 3 atom stereocenters. The van der Waals surface area contributed by atoms with Crippen LogP contribution in [0.2, 0.25) is 0 Å². The number of carbonyl (C=O) groups excluding carboxylic acids is 1. The Bertz CT molecular complexity index is 195. The van der Waals surface area contributed by atoms with Crippen molar-refractivity contribution in [1.82, 2.24) is 5.32 Å². The maximum absolute atomic E-state index is 10.8. The van der Waals surface area contributed by atoms with E-state index in [0.29, 0.717) is 5.92 Å². The Balaban J connectivity index is 0.000000605. The number of nitrogens with two attached hydrogens (primary N) is 1. The van der Waals surface area contributed by atoms with Crippen LogP contribution in [-0.4, -0.2) is 18.5 Å². The molecule has 1 aliphatic heterocycles. The van der Waals surface area contributed by atoms with E-state index in [4.69, 9.17) is 5.73 Å². The van der Waals surface area contributed by atoms with Gasteiger partial charge in [0.25, 0.3) is 0 Å². The van der Waals surface area contributed by atoms with Gasteiger partial charge in [-0.15, -0.1) is 12.4 Å². The maximum atomic E-state index is 10.8. The lowest BCUT2D eigenvalue weighted by Crippen LogP contribution is -2.42. The van der Waals surface area contributed by atoms with E-state index in [1.165, 1.54) is 6.42 Å². The van der Waals surface area contributed by atoms with Gasteiger partial charge in [0.2, 0.25) is 5.91 Å². The minimum absolute atomic E-state index is 0.